The first-order chi connectivity index (χ1) is 19.3. The maximum atomic E-state index is 12.4. The molecule has 10 heteroatoms. The van der Waals surface area contributed by atoms with E-state index in [-0.39, 0.29) is 0 Å². The molecule has 0 saturated heterocycles. The quantitative estimate of drug-likeness (QED) is 0.144. The van der Waals surface area contributed by atoms with E-state index in [1.165, 1.54) is 11.9 Å². The van der Waals surface area contributed by atoms with Gasteiger partial charge in [-0.25, -0.2) is 4.98 Å². The number of rotatable bonds is 12. The molecular formula is C30H37N7O2S. The molecule has 1 saturated carbocycles. The molecule has 3 heterocycles. The second-order valence-corrected chi connectivity index (χ2v) is 11.8. The third-order valence-corrected chi connectivity index (χ3v) is 8.20. The number of carbonyl (C=O) groups excluding carboxylic acids is 1. The summed E-state index contributed by atoms with van der Waals surface area (Å²) in [6.45, 7) is 1.51. The predicted molar refractivity (Wildman–Crippen MR) is 162 cm³/mol. The minimum atomic E-state index is -0.463. The lowest BCUT2D eigenvalue weighted by Crippen LogP contribution is -2.37. The highest BCUT2D eigenvalue weighted by atomic mass is 32.2. The third-order valence-electron chi connectivity index (χ3n) is 7.43. The number of pyridine rings is 2. The highest BCUT2D eigenvalue weighted by Gasteiger charge is 2.42. The number of nitrogens with zero attached hydrogens (tertiary/aromatic N) is 6. The average molecular weight is 560 g/mol. The van der Waals surface area contributed by atoms with E-state index in [4.69, 9.17) is 14.7 Å². The highest BCUT2D eigenvalue weighted by molar-refractivity contribution is 8.00. The predicted octanol–water partition coefficient (Wildman–Crippen LogP) is 5.17. The van der Waals surface area contributed by atoms with Crippen LogP contribution in [-0.4, -0.2) is 72.3 Å². The molecule has 0 spiro atoms. The van der Waals surface area contributed by atoms with Gasteiger partial charge in [0.2, 0.25) is 5.88 Å². The minimum absolute atomic E-state index is 0.463. The van der Waals surface area contributed by atoms with Gasteiger partial charge in [-0.1, -0.05) is 12.5 Å². The summed E-state index contributed by atoms with van der Waals surface area (Å²) in [5, 5.41) is 5.27. The van der Waals surface area contributed by atoms with Crippen LogP contribution in [-0.2, 0) is 17.3 Å². The first-order valence-corrected chi connectivity index (χ1v) is 14.4. The van der Waals surface area contributed by atoms with E-state index in [9.17, 15) is 4.79 Å². The van der Waals surface area contributed by atoms with E-state index >= 15 is 0 Å². The molecule has 0 bridgehead atoms. The number of hydrogen-bond donors (Lipinski definition) is 1. The van der Waals surface area contributed by atoms with Crippen LogP contribution in [0.15, 0.2) is 53.9 Å². The maximum absolute atomic E-state index is 12.4. The van der Waals surface area contributed by atoms with E-state index in [0.717, 1.165) is 82.4 Å². The van der Waals surface area contributed by atoms with Gasteiger partial charge in [-0.3, -0.25) is 9.67 Å². The number of carbonyl (C=O) groups is 1. The smallest absolute Gasteiger partial charge is 0.238 e. The van der Waals surface area contributed by atoms with Gasteiger partial charge < -0.3 is 24.1 Å². The van der Waals surface area contributed by atoms with Gasteiger partial charge in [0.1, 0.15) is 12.0 Å². The van der Waals surface area contributed by atoms with Crippen LogP contribution < -0.4 is 14.4 Å². The number of benzene rings is 1. The fourth-order valence-corrected chi connectivity index (χ4v) is 5.80. The molecule has 0 atom stereocenters. The van der Waals surface area contributed by atoms with Crippen molar-refractivity contribution in [3.05, 3.63) is 54.6 Å². The molecule has 0 radical (unpaired) electrons. The number of nitrogens with one attached hydrogen (secondary N) is 1. The third kappa shape index (κ3) is 5.78. The molecule has 1 aliphatic rings. The van der Waals surface area contributed by atoms with Gasteiger partial charge in [0, 0.05) is 51.0 Å². The van der Waals surface area contributed by atoms with Crippen LogP contribution in [0.3, 0.4) is 0 Å². The van der Waals surface area contributed by atoms with Crippen LogP contribution in [0.25, 0.3) is 22.0 Å². The number of anilines is 2. The van der Waals surface area contributed by atoms with E-state index in [1.807, 2.05) is 52.0 Å². The normalized spacial score (nSPS) is 14.2. The lowest BCUT2D eigenvalue weighted by atomic mass is 9.64. The Hall–Kier alpha value is -3.63. The molecule has 9 nitrogen and oxygen atoms in total. The Morgan fingerprint density at radius 3 is 2.58 bits per heavy atom. The van der Waals surface area contributed by atoms with Gasteiger partial charge in [0.15, 0.2) is 0 Å². The number of aldehydes is 1. The lowest BCUT2D eigenvalue weighted by Gasteiger charge is -2.40. The average Bonchev–Trinajstić information content (AvgIpc) is 3.34. The molecule has 0 unspecified atom stereocenters. The zero-order valence-corrected chi connectivity index (χ0v) is 24.7. The van der Waals surface area contributed by atoms with Gasteiger partial charge in [0.05, 0.1) is 40.5 Å². The molecule has 0 amide bonds. The van der Waals surface area contributed by atoms with E-state index in [0.29, 0.717) is 12.5 Å². The Labute approximate surface area is 240 Å². The van der Waals surface area contributed by atoms with Gasteiger partial charge in [-0.2, -0.15) is 5.10 Å². The summed E-state index contributed by atoms with van der Waals surface area (Å²) in [4.78, 5) is 27.1. The minimum Gasteiger partial charge on any atom is -0.476 e. The van der Waals surface area contributed by atoms with Crippen LogP contribution in [0, 0.1) is 0 Å². The van der Waals surface area contributed by atoms with E-state index in [1.54, 1.807) is 4.68 Å². The number of fused-ring (bicyclic) bond motifs is 1. The summed E-state index contributed by atoms with van der Waals surface area (Å²) in [6.07, 6.45) is 12.3. The number of aryl methyl sites for hydroxylation is 1. The van der Waals surface area contributed by atoms with Crippen molar-refractivity contribution < 1.29 is 9.53 Å². The van der Waals surface area contributed by atoms with Crippen molar-refractivity contribution in [3.8, 4) is 17.0 Å². The SMILES string of the molecule is CN(C)CCCOc1ncc(-c2ccc3ncc(N(C)C)c(C4(C=O)CCC4)c3c2)cc1NSc1cnn(C)c1. The summed E-state index contributed by atoms with van der Waals surface area (Å²) < 4.78 is 11.3. The first kappa shape index (κ1) is 27.9. The summed E-state index contributed by atoms with van der Waals surface area (Å²) in [6, 6.07) is 8.32. The molecule has 1 fully saturated rings. The first-order valence-electron chi connectivity index (χ1n) is 13.6. The highest BCUT2D eigenvalue weighted by Crippen LogP contribution is 2.48. The fourth-order valence-electron chi connectivity index (χ4n) is 5.12. The molecule has 5 rings (SSSR count). The zero-order valence-electron chi connectivity index (χ0n) is 23.8. The van der Waals surface area contributed by atoms with Crippen molar-refractivity contribution in [3.63, 3.8) is 0 Å². The topological polar surface area (TPSA) is 88.4 Å². The van der Waals surface area contributed by atoms with Crippen LogP contribution in [0.4, 0.5) is 11.4 Å². The zero-order chi connectivity index (χ0) is 28.3. The van der Waals surface area contributed by atoms with E-state index in [2.05, 4.69) is 51.9 Å². The Kier molecular flexibility index (Phi) is 8.27. The second kappa shape index (κ2) is 11.9. The Morgan fingerprint density at radius 1 is 1.10 bits per heavy atom. The monoisotopic (exact) mass is 559 g/mol. The van der Waals surface area contributed by atoms with Gasteiger partial charge in [-0.15, -0.1) is 0 Å². The van der Waals surface area contributed by atoms with Crippen LogP contribution in [0.5, 0.6) is 5.88 Å². The summed E-state index contributed by atoms with van der Waals surface area (Å²) in [5.41, 5.74) is 5.24. The number of hydrogen-bond acceptors (Lipinski definition) is 9. The molecule has 4 aromatic rings. The van der Waals surface area contributed by atoms with Gasteiger partial charge in [-0.05, 0) is 74.6 Å². The maximum Gasteiger partial charge on any atom is 0.238 e. The molecule has 3 aromatic heterocycles. The standard InChI is InChI=1S/C30H37N7O2S/c1-35(2)12-7-13-39-29-26(34-40-23-17-33-37(5)19-23)15-22(16-32-29)21-8-9-25-24(14-21)28(27(18-31-25)36(3)4)30(20-38)10-6-11-30/h8-9,14-20,34H,6-7,10-13H2,1-5H3. The van der Waals surface area contributed by atoms with Crippen molar-refractivity contribution in [1.29, 1.82) is 0 Å². The van der Waals surface area contributed by atoms with Crippen molar-refractivity contribution in [1.82, 2.24) is 24.6 Å². The second-order valence-electron chi connectivity index (χ2n) is 10.9. The molecule has 1 aliphatic carbocycles. The Morgan fingerprint density at radius 2 is 1.93 bits per heavy atom. The van der Waals surface area contributed by atoms with Crippen molar-refractivity contribution in [2.75, 3.05) is 51.0 Å². The fraction of sp³-hybridized carbons (Fsp3) is 0.400. The van der Waals surface area contributed by atoms with Crippen LogP contribution >= 0.6 is 11.9 Å². The number of aromatic nitrogens is 4. The Balaban J connectivity index is 1.53. The molecule has 40 heavy (non-hydrogen) atoms. The summed E-state index contributed by atoms with van der Waals surface area (Å²) >= 11 is 1.47. The Bertz CT molecular complexity index is 1500. The molecule has 1 aromatic carbocycles. The van der Waals surface area contributed by atoms with Crippen molar-refractivity contribution >= 4 is 40.5 Å². The van der Waals surface area contributed by atoms with Gasteiger partial charge >= 0.3 is 0 Å². The summed E-state index contributed by atoms with van der Waals surface area (Å²) in [7, 11) is 10.0. The van der Waals surface area contributed by atoms with Crippen LogP contribution in [0.1, 0.15) is 31.2 Å². The molecular weight excluding hydrogens is 522 g/mol. The van der Waals surface area contributed by atoms with Crippen LogP contribution in [0.2, 0.25) is 0 Å². The summed E-state index contributed by atoms with van der Waals surface area (Å²) in [5.74, 6) is 0.561. The van der Waals surface area contributed by atoms with Crippen molar-refractivity contribution in [2.24, 2.45) is 7.05 Å². The van der Waals surface area contributed by atoms with Gasteiger partial charge in [0.25, 0.3) is 0 Å². The molecule has 0 aliphatic heterocycles. The molecule has 210 valence electrons. The lowest BCUT2D eigenvalue weighted by molar-refractivity contribution is -0.115. The largest absolute Gasteiger partial charge is 0.476 e. The van der Waals surface area contributed by atoms with Crippen molar-refractivity contribution in [2.45, 2.75) is 36.0 Å². The number of ether oxygens (including phenoxy) is 1. The van der Waals surface area contributed by atoms with E-state index < -0.39 is 5.41 Å². The molecule has 1 N–H and O–H groups in total.